The van der Waals surface area contributed by atoms with Crippen LogP contribution in [0.15, 0.2) is 42.5 Å². The lowest BCUT2D eigenvalue weighted by molar-refractivity contribution is -0.120. The van der Waals surface area contributed by atoms with Crippen molar-refractivity contribution < 1.29 is 14.3 Å². The number of carbonyl (C=O) groups is 1. The molecule has 0 atom stereocenters. The highest BCUT2D eigenvalue weighted by Crippen LogP contribution is 2.38. The number of carbonyl (C=O) groups excluding carboxylic acids is 1. The van der Waals surface area contributed by atoms with Gasteiger partial charge in [0, 0.05) is 32.2 Å². The first kappa shape index (κ1) is 18.4. The number of benzene rings is 2. The molecule has 2 aromatic carbocycles. The Morgan fingerprint density at radius 2 is 1.96 bits per heavy atom. The summed E-state index contributed by atoms with van der Waals surface area (Å²) in [5.74, 6) is 1.14. The molecule has 0 saturated carbocycles. The smallest absolute Gasteiger partial charge is 0.224 e. The molecule has 1 aliphatic rings. The summed E-state index contributed by atoms with van der Waals surface area (Å²) in [6, 6.07) is 13.7. The van der Waals surface area contributed by atoms with Gasteiger partial charge in [-0.2, -0.15) is 0 Å². The minimum atomic E-state index is -0.0444. The predicted molar refractivity (Wildman–Crippen MR) is 103 cm³/mol. The number of hydrogen-bond donors (Lipinski definition) is 1. The van der Waals surface area contributed by atoms with Crippen LogP contribution in [-0.4, -0.2) is 39.3 Å². The number of ether oxygens (including phenoxy) is 2. The number of nitrogens with zero attached hydrogens (tertiary/aromatic N) is 1. The molecule has 1 amide bonds. The number of anilines is 1. The highest BCUT2D eigenvalue weighted by molar-refractivity contribution is 6.32. The third kappa shape index (κ3) is 4.82. The Morgan fingerprint density at radius 3 is 2.77 bits per heavy atom. The van der Waals surface area contributed by atoms with E-state index in [2.05, 4.69) is 10.2 Å². The molecule has 0 fully saturated rings. The van der Waals surface area contributed by atoms with E-state index in [1.165, 1.54) is 0 Å². The SMILES string of the molecule is CN(CCNC(=O)Cc1cc(Cl)c2c(c1)OCCCO2)c1ccccc1. The Labute approximate surface area is 158 Å². The number of rotatable bonds is 6. The van der Waals surface area contributed by atoms with E-state index >= 15 is 0 Å². The van der Waals surface area contributed by atoms with Crippen molar-refractivity contribution in [2.24, 2.45) is 0 Å². The zero-order valence-corrected chi connectivity index (χ0v) is 15.6. The van der Waals surface area contributed by atoms with Crippen LogP contribution in [0.4, 0.5) is 5.69 Å². The Kier molecular flexibility index (Phi) is 6.23. The Balaban J connectivity index is 1.52. The van der Waals surface area contributed by atoms with Crippen molar-refractivity contribution in [2.45, 2.75) is 12.8 Å². The fourth-order valence-electron chi connectivity index (χ4n) is 2.81. The molecule has 5 nitrogen and oxygen atoms in total. The van der Waals surface area contributed by atoms with E-state index in [0.717, 1.165) is 24.2 Å². The van der Waals surface area contributed by atoms with Crippen LogP contribution in [0.5, 0.6) is 11.5 Å². The molecule has 1 heterocycles. The van der Waals surface area contributed by atoms with Crippen LogP contribution < -0.4 is 19.7 Å². The number of hydrogen-bond acceptors (Lipinski definition) is 4. The molecule has 0 spiro atoms. The second-order valence-corrected chi connectivity index (χ2v) is 6.65. The van der Waals surface area contributed by atoms with Crippen LogP contribution in [0.1, 0.15) is 12.0 Å². The molecule has 6 heteroatoms. The fourth-order valence-corrected chi connectivity index (χ4v) is 3.10. The first-order valence-corrected chi connectivity index (χ1v) is 9.12. The van der Waals surface area contributed by atoms with E-state index in [9.17, 15) is 4.79 Å². The minimum Gasteiger partial charge on any atom is -0.489 e. The van der Waals surface area contributed by atoms with Gasteiger partial charge in [0.15, 0.2) is 11.5 Å². The van der Waals surface area contributed by atoms with Gasteiger partial charge in [0.05, 0.1) is 24.7 Å². The number of halogens is 1. The highest BCUT2D eigenvalue weighted by Gasteiger charge is 2.16. The van der Waals surface area contributed by atoms with E-state index in [4.69, 9.17) is 21.1 Å². The molecule has 1 N–H and O–H groups in total. The second-order valence-electron chi connectivity index (χ2n) is 6.24. The van der Waals surface area contributed by atoms with Crippen LogP contribution in [-0.2, 0) is 11.2 Å². The highest BCUT2D eigenvalue weighted by atomic mass is 35.5. The molecule has 26 heavy (non-hydrogen) atoms. The molecule has 0 saturated heterocycles. The van der Waals surface area contributed by atoms with Crippen LogP contribution in [0.2, 0.25) is 5.02 Å². The maximum atomic E-state index is 12.2. The van der Waals surface area contributed by atoms with Gasteiger partial charge in [0.1, 0.15) is 0 Å². The molecule has 0 aromatic heterocycles. The van der Waals surface area contributed by atoms with Crippen LogP contribution in [0.3, 0.4) is 0 Å². The lowest BCUT2D eigenvalue weighted by atomic mass is 10.1. The van der Waals surface area contributed by atoms with Gasteiger partial charge < -0.3 is 19.7 Å². The minimum absolute atomic E-state index is 0.0444. The predicted octanol–water partition coefficient (Wildman–Crippen LogP) is 3.30. The van der Waals surface area contributed by atoms with E-state index in [1.807, 2.05) is 43.4 Å². The van der Waals surface area contributed by atoms with Gasteiger partial charge in [-0.25, -0.2) is 0 Å². The van der Waals surface area contributed by atoms with Gasteiger partial charge >= 0.3 is 0 Å². The van der Waals surface area contributed by atoms with Gasteiger partial charge in [-0.15, -0.1) is 0 Å². The largest absolute Gasteiger partial charge is 0.489 e. The van der Waals surface area contributed by atoms with Crippen molar-refractivity contribution in [1.29, 1.82) is 0 Å². The van der Waals surface area contributed by atoms with E-state index in [0.29, 0.717) is 36.3 Å². The van der Waals surface area contributed by atoms with E-state index in [1.54, 1.807) is 6.07 Å². The maximum Gasteiger partial charge on any atom is 0.224 e. The Bertz CT molecular complexity index is 752. The molecular formula is C20H23ClN2O3. The molecule has 0 bridgehead atoms. The zero-order valence-electron chi connectivity index (χ0n) is 14.8. The van der Waals surface area contributed by atoms with Crippen LogP contribution in [0.25, 0.3) is 0 Å². The number of nitrogens with one attached hydrogen (secondary N) is 1. The van der Waals surface area contributed by atoms with Crippen LogP contribution >= 0.6 is 11.6 Å². The monoisotopic (exact) mass is 374 g/mol. The molecule has 138 valence electrons. The first-order valence-electron chi connectivity index (χ1n) is 8.74. The van der Waals surface area contributed by atoms with Gasteiger partial charge in [-0.3, -0.25) is 4.79 Å². The molecule has 3 rings (SSSR count). The van der Waals surface area contributed by atoms with E-state index < -0.39 is 0 Å². The van der Waals surface area contributed by atoms with Crippen molar-refractivity contribution in [1.82, 2.24) is 5.32 Å². The molecule has 0 unspecified atom stereocenters. The number of fused-ring (bicyclic) bond motifs is 1. The average molecular weight is 375 g/mol. The zero-order chi connectivity index (χ0) is 18.4. The fraction of sp³-hybridized carbons (Fsp3) is 0.350. The maximum absolute atomic E-state index is 12.2. The summed E-state index contributed by atoms with van der Waals surface area (Å²) in [7, 11) is 2.01. The van der Waals surface area contributed by atoms with Gasteiger partial charge in [-0.05, 0) is 29.8 Å². The average Bonchev–Trinajstić information content (AvgIpc) is 2.88. The lowest BCUT2D eigenvalue weighted by Crippen LogP contribution is -2.33. The van der Waals surface area contributed by atoms with Crippen molar-refractivity contribution in [2.75, 3.05) is 38.3 Å². The normalized spacial score (nSPS) is 13.0. The Morgan fingerprint density at radius 1 is 1.19 bits per heavy atom. The van der Waals surface area contributed by atoms with Crippen molar-refractivity contribution in [3.05, 3.63) is 53.1 Å². The molecule has 0 aliphatic carbocycles. The number of para-hydroxylation sites is 1. The van der Waals surface area contributed by atoms with Crippen LogP contribution in [0, 0.1) is 0 Å². The van der Waals surface area contributed by atoms with Crippen molar-refractivity contribution in [3.63, 3.8) is 0 Å². The summed E-state index contributed by atoms with van der Waals surface area (Å²) in [6.45, 7) is 2.48. The lowest BCUT2D eigenvalue weighted by Gasteiger charge is -2.19. The van der Waals surface area contributed by atoms with Gasteiger partial charge in [-0.1, -0.05) is 29.8 Å². The summed E-state index contributed by atoms with van der Waals surface area (Å²) in [6.07, 6.45) is 1.07. The van der Waals surface area contributed by atoms with Crippen molar-refractivity contribution in [3.8, 4) is 11.5 Å². The quantitative estimate of drug-likeness (QED) is 0.842. The molecule has 1 aliphatic heterocycles. The summed E-state index contributed by atoms with van der Waals surface area (Å²) >= 11 is 6.27. The standard InChI is InChI=1S/C20H23ClN2O3/c1-23(16-6-3-2-4-7-16)9-8-22-19(24)14-15-12-17(21)20-18(13-15)25-10-5-11-26-20/h2-4,6-7,12-13H,5,8-11,14H2,1H3,(H,22,24). The Hall–Kier alpha value is -2.40. The molecular weight excluding hydrogens is 352 g/mol. The first-order chi connectivity index (χ1) is 12.6. The molecule has 0 radical (unpaired) electrons. The second kappa shape index (κ2) is 8.81. The third-order valence-corrected chi connectivity index (χ3v) is 4.47. The number of likely N-dealkylation sites (N-methyl/N-ethyl adjacent to an activating group) is 1. The summed E-state index contributed by atoms with van der Waals surface area (Å²) < 4.78 is 11.3. The van der Waals surface area contributed by atoms with Gasteiger partial charge in [0.2, 0.25) is 5.91 Å². The summed E-state index contributed by atoms with van der Waals surface area (Å²) in [4.78, 5) is 14.3. The molecule has 2 aromatic rings. The summed E-state index contributed by atoms with van der Waals surface area (Å²) in [5.41, 5.74) is 1.93. The topological polar surface area (TPSA) is 50.8 Å². The van der Waals surface area contributed by atoms with Gasteiger partial charge in [0.25, 0.3) is 0 Å². The number of amides is 1. The van der Waals surface area contributed by atoms with Crippen molar-refractivity contribution >= 4 is 23.2 Å². The van der Waals surface area contributed by atoms with E-state index in [-0.39, 0.29) is 12.3 Å². The third-order valence-electron chi connectivity index (χ3n) is 4.19. The summed E-state index contributed by atoms with van der Waals surface area (Å²) in [5, 5.41) is 3.43.